The van der Waals surface area contributed by atoms with Crippen LogP contribution in [0.15, 0.2) is 12.1 Å². The van der Waals surface area contributed by atoms with Crippen molar-refractivity contribution in [2.45, 2.75) is 13.0 Å². The van der Waals surface area contributed by atoms with Crippen LogP contribution in [-0.4, -0.2) is 16.2 Å². The summed E-state index contributed by atoms with van der Waals surface area (Å²) in [6.45, 7) is 1.53. The van der Waals surface area contributed by atoms with Gasteiger partial charge in [-0.25, -0.2) is 9.18 Å². The molecule has 5 heteroatoms. The number of carbonyl (C=O) groups is 1. The Kier molecular flexibility index (Phi) is 3.08. The van der Waals surface area contributed by atoms with Gasteiger partial charge in [-0.1, -0.05) is 11.6 Å². The van der Waals surface area contributed by atoms with Gasteiger partial charge in [0.15, 0.2) is 6.10 Å². The molecule has 1 aromatic carbocycles. The number of aryl methyl sites for hydroxylation is 1. The van der Waals surface area contributed by atoms with E-state index in [4.69, 9.17) is 16.7 Å². The molecule has 0 saturated carbocycles. The highest BCUT2D eigenvalue weighted by Crippen LogP contribution is 2.27. The van der Waals surface area contributed by atoms with E-state index >= 15 is 0 Å². The summed E-state index contributed by atoms with van der Waals surface area (Å²) in [4.78, 5) is 10.4. The van der Waals surface area contributed by atoms with Crippen LogP contribution in [0.3, 0.4) is 0 Å². The summed E-state index contributed by atoms with van der Waals surface area (Å²) in [5.41, 5.74) is 0.263. The third-order valence-electron chi connectivity index (χ3n) is 1.78. The summed E-state index contributed by atoms with van der Waals surface area (Å²) < 4.78 is 12.9. The Morgan fingerprint density at radius 1 is 1.57 bits per heavy atom. The van der Waals surface area contributed by atoms with Gasteiger partial charge in [0, 0.05) is 5.56 Å². The van der Waals surface area contributed by atoms with Crippen LogP contribution in [0.1, 0.15) is 17.2 Å². The highest BCUT2D eigenvalue weighted by Gasteiger charge is 2.20. The van der Waals surface area contributed by atoms with E-state index in [0.717, 1.165) is 6.07 Å². The molecule has 14 heavy (non-hydrogen) atoms. The predicted molar refractivity (Wildman–Crippen MR) is 48.7 cm³/mol. The largest absolute Gasteiger partial charge is 0.479 e. The Balaban J connectivity index is 3.26. The van der Waals surface area contributed by atoms with Crippen LogP contribution in [0.4, 0.5) is 4.39 Å². The third-order valence-corrected chi connectivity index (χ3v) is 2.29. The first kappa shape index (κ1) is 10.9. The fraction of sp³-hybridized carbons (Fsp3) is 0.222. The molecule has 1 aromatic rings. The van der Waals surface area contributed by atoms with E-state index in [0.29, 0.717) is 5.56 Å². The molecule has 1 atom stereocenters. The van der Waals surface area contributed by atoms with E-state index in [9.17, 15) is 14.3 Å². The number of aliphatic carboxylic acids is 1. The van der Waals surface area contributed by atoms with Gasteiger partial charge in [-0.15, -0.1) is 0 Å². The zero-order valence-electron chi connectivity index (χ0n) is 7.29. The minimum absolute atomic E-state index is 0.0706. The quantitative estimate of drug-likeness (QED) is 0.797. The number of halogens is 2. The van der Waals surface area contributed by atoms with Gasteiger partial charge in [0.25, 0.3) is 0 Å². The number of carboxylic acids is 1. The first-order valence-electron chi connectivity index (χ1n) is 3.80. The summed E-state index contributed by atoms with van der Waals surface area (Å²) in [6.07, 6.45) is -1.79. The molecule has 0 radical (unpaired) electrons. The number of rotatable bonds is 2. The second-order valence-corrected chi connectivity index (χ2v) is 3.24. The Bertz CT molecular complexity index is 379. The fourth-order valence-electron chi connectivity index (χ4n) is 1.08. The first-order valence-corrected chi connectivity index (χ1v) is 4.17. The Labute approximate surface area is 84.7 Å². The maximum Gasteiger partial charge on any atom is 0.337 e. The number of aliphatic hydroxyl groups is 1. The summed E-state index contributed by atoms with van der Waals surface area (Å²) in [7, 11) is 0. The van der Waals surface area contributed by atoms with Crippen LogP contribution in [-0.2, 0) is 4.79 Å². The zero-order valence-corrected chi connectivity index (χ0v) is 8.05. The van der Waals surface area contributed by atoms with Gasteiger partial charge in [-0.2, -0.15) is 0 Å². The van der Waals surface area contributed by atoms with Gasteiger partial charge in [-0.05, 0) is 24.6 Å². The Hall–Kier alpha value is -1.13. The maximum absolute atomic E-state index is 12.9. The summed E-state index contributed by atoms with van der Waals surface area (Å²) >= 11 is 5.71. The highest BCUT2D eigenvalue weighted by molar-refractivity contribution is 6.32. The molecule has 0 aliphatic heterocycles. The Morgan fingerprint density at radius 3 is 2.64 bits per heavy atom. The molecule has 76 valence electrons. The second kappa shape index (κ2) is 3.94. The number of carboxylic acid groups (broad SMARTS) is 1. The van der Waals surface area contributed by atoms with E-state index in [1.54, 1.807) is 0 Å². The molecule has 1 unspecified atom stereocenters. The maximum atomic E-state index is 12.9. The minimum atomic E-state index is -1.79. The summed E-state index contributed by atoms with van der Waals surface area (Å²) in [5.74, 6) is -2.08. The number of hydrogen-bond donors (Lipinski definition) is 2. The van der Waals surface area contributed by atoms with Crippen molar-refractivity contribution in [1.82, 2.24) is 0 Å². The minimum Gasteiger partial charge on any atom is -0.479 e. The normalized spacial score (nSPS) is 12.6. The monoisotopic (exact) mass is 218 g/mol. The van der Waals surface area contributed by atoms with Crippen LogP contribution in [0.25, 0.3) is 0 Å². The lowest BCUT2D eigenvalue weighted by Gasteiger charge is -2.10. The lowest BCUT2D eigenvalue weighted by Crippen LogP contribution is -2.11. The zero-order chi connectivity index (χ0) is 10.9. The van der Waals surface area contributed by atoms with Crippen molar-refractivity contribution >= 4 is 17.6 Å². The van der Waals surface area contributed by atoms with E-state index in [2.05, 4.69) is 0 Å². The lowest BCUT2D eigenvalue weighted by atomic mass is 10.1. The average Bonchev–Trinajstić information content (AvgIpc) is 2.09. The molecule has 0 aliphatic carbocycles. The number of benzene rings is 1. The second-order valence-electron chi connectivity index (χ2n) is 2.87. The molecule has 0 bridgehead atoms. The molecular formula is C9H8ClFO3. The molecule has 0 aromatic heterocycles. The van der Waals surface area contributed by atoms with Crippen molar-refractivity contribution in [3.8, 4) is 0 Å². The van der Waals surface area contributed by atoms with Crippen molar-refractivity contribution in [2.24, 2.45) is 0 Å². The SMILES string of the molecule is Cc1cc(F)cc(C(O)C(=O)O)c1Cl. The smallest absolute Gasteiger partial charge is 0.337 e. The molecule has 0 amide bonds. The van der Waals surface area contributed by atoms with Gasteiger partial charge >= 0.3 is 5.97 Å². The van der Waals surface area contributed by atoms with Crippen molar-refractivity contribution in [1.29, 1.82) is 0 Å². The average molecular weight is 219 g/mol. The molecular weight excluding hydrogens is 211 g/mol. The van der Waals surface area contributed by atoms with Crippen molar-refractivity contribution < 1.29 is 19.4 Å². The van der Waals surface area contributed by atoms with Gasteiger partial charge in [-0.3, -0.25) is 0 Å². The van der Waals surface area contributed by atoms with Crippen LogP contribution in [0.2, 0.25) is 5.02 Å². The van der Waals surface area contributed by atoms with E-state index in [1.165, 1.54) is 13.0 Å². The van der Waals surface area contributed by atoms with Crippen LogP contribution in [0.5, 0.6) is 0 Å². The molecule has 0 aliphatic rings. The van der Waals surface area contributed by atoms with Crippen molar-refractivity contribution in [3.05, 3.63) is 34.1 Å². The molecule has 2 N–H and O–H groups in total. The van der Waals surface area contributed by atoms with Gasteiger partial charge < -0.3 is 10.2 Å². The van der Waals surface area contributed by atoms with Crippen LogP contribution >= 0.6 is 11.6 Å². The van der Waals surface area contributed by atoms with Crippen molar-refractivity contribution in [2.75, 3.05) is 0 Å². The van der Waals surface area contributed by atoms with Crippen LogP contribution in [0, 0.1) is 12.7 Å². The lowest BCUT2D eigenvalue weighted by molar-refractivity contribution is -0.146. The fourth-order valence-corrected chi connectivity index (χ4v) is 1.30. The summed E-state index contributed by atoms with van der Waals surface area (Å²) in [5, 5.41) is 17.8. The van der Waals surface area contributed by atoms with E-state index in [1.807, 2.05) is 0 Å². The first-order chi connectivity index (χ1) is 6.43. The van der Waals surface area contributed by atoms with E-state index < -0.39 is 17.9 Å². The van der Waals surface area contributed by atoms with Gasteiger partial charge in [0.1, 0.15) is 5.82 Å². The highest BCUT2D eigenvalue weighted by atomic mass is 35.5. The number of hydrogen-bond acceptors (Lipinski definition) is 2. The third kappa shape index (κ3) is 2.02. The molecule has 3 nitrogen and oxygen atoms in total. The summed E-state index contributed by atoms with van der Waals surface area (Å²) in [6, 6.07) is 2.08. The van der Waals surface area contributed by atoms with Gasteiger partial charge in [0.2, 0.25) is 0 Å². The van der Waals surface area contributed by atoms with Crippen LogP contribution < -0.4 is 0 Å². The standard InChI is InChI=1S/C9H8ClFO3/c1-4-2-5(11)3-6(7(4)10)8(12)9(13)14/h2-3,8,12H,1H3,(H,13,14). The molecule has 0 saturated heterocycles. The molecule has 0 heterocycles. The predicted octanol–water partition coefficient (Wildman–Crippen LogP) is 1.91. The van der Waals surface area contributed by atoms with Gasteiger partial charge in [0.05, 0.1) is 5.02 Å². The number of aliphatic hydroxyl groups excluding tert-OH is 1. The topological polar surface area (TPSA) is 57.5 Å². The Morgan fingerprint density at radius 2 is 2.14 bits per heavy atom. The molecule has 0 fully saturated rings. The van der Waals surface area contributed by atoms with E-state index in [-0.39, 0.29) is 10.6 Å². The molecule has 1 rings (SSSR count). The molecule has 0 spiro atoms. The van der Waals surface area contributed by atoms with Crippen molar-refractivity contribution in [3.63, 3.8) is 0 Å².